The Balaban J connectivity index is 1.65. The zero-order valence-corrected chi connectivity index (χ0v) is 16.4. The average Bonchev–Trinajstić information content (AvgIpc) is 3.16. The van der Waals surface area contributed by atoms with Crippen molar-refractivity contribution in [2.45, 2.75) is 62.5 Å². The fourth-order valence-corrected chi connectivity index (χ4v) is 5.40. The topological polar surface area (TPSA) is 56.4 Å². The van der Waals surface area contributed by atoms with E-state index in [-0.39, 0.29) is 29.2 Å². The number of hydrogen-bond donors (Lipinski definition) is 3. The maximum Gasteiger partial charge on any atom is 0.306 e. The van der Waals surface area contributed by atoms with Crippen molar-refractivity contribution in [1.82, 2.24) is 21.1 Å². The van der Waals surface area contributed by atoms with Crippen molar-refractivity contribution in [3.8, 4) is 0 Å². The number of hydrazine groups is 1. The Kier molecular flexibility index (Phi) is 7.48. The average molecular weight is 405 g/mol. The largest absolute Gasteiger partial charge is 0.352 e. The number of hydrogen-bond acceptors (Lipinski definition) is 4. The molecule has 0 aromatic carbocycles. The molecule has 27 heavy (non-hydrogen) atoms. The Morgan fingerprint density at radius 1 is 1.30 bits per heavy atom. The second kappa shape index (κ2) is 9.63. The Morgan fingerprint density at radius 2 is 2.11 bits per heavy atom. The molecule has 1 aliphatic carbocycles. The summed E-state index contributed by atoms with van der Waals surface area (Å²) in [4.78, 5) is 11.6. The number of carbonyl (C=O) groups excluding carboxylic acids is 1. The molecule has 0 aromatic heterocycles. The minimum absolute atomic E-state index is 0.0182. The summed E-state index contributed by atoms with van der Waals surface area (Å²) in [5.74, 6) is 0.790. The van der Waals surface area contributed by atoms with Gasteiger partial charge in [0.15, 0.2) is 0 Å². The minimum atomic E-state index is -2.48. The molecule has 3 N–H and O–H groups in total. The fourth-order valence-electron chi connectivity index (χ4n) is 5.02. The number of alkyl halides is 3. The molecule has 2 heterocycles. The first kappa shape index (κ1) is 21.0. The summed E-state index contributed by atoms with van der Waals surface area (Å²) in [7, 11) is 0. The van der Waals surface area contributed by atoms with Gasteiger partial charge in [0, 0.05) is 37.1 Å². The van der Waals surface area contributed by atoms with Gasteiger partial charge in [-0.25, -0.2) is 5.43 Å². The molecule has 0 radical (unpaired) electrons. The molecule has 5 nitrogen and oxygen atoms in total. The molecule has 3 aliphatic rings. The van der Waals surface area contributed by atoms with E-state index < -0.39 is 6.55 Å². The molecule has 3 fully saturated rings. The zero-order chi connectivity index (χ0) is 19.4. The van der Waals surface area contributed by atoms with Crippen LogP contribution in [-0.4, -0.2) is 54.6 Å². The standard InChI is InChI=1S/C19H31ClF2N4O/c1-2-18(27)24-11-13-10-23-17(12-4-3-5-14(20)8-12)9-15(13)16-6-7-26(25-16)19(21)22/h2,12-17,19,23,25H,1,3-11H2,(H,24,27). The van der Waals surface area contributed by atoms with E-state index in [1.165, 1.54) is 12.5 Å². The van der Waals surface area contributed by atoms with Crippen LogP contribution in [-0.2, 0) is 4.79 Å². The first-order valence-corrected chi connectivity index (χ1v) is 10.5. The van der Waals surface area contributed by atoms with Crippen LogP contribution in [0.1, 0.15) is 38.5 Å². The van der Waals surface area contributed by atoms with E-state index in [0.717, 1.165) is 37.2 Å². The van der Waals surface area contributed by atoms with Gasteiger partial charge in [-0.1, -0.05) is 13.0 Å². The summed E-state index contributed by atoms with van der Waals surface area (Å²) < 4.78 is 26.1. The summed E-state index contributed by atoms with van der Waals surface area (Å²) in [6.45, 7) is 2.67. The van der Waals surface area contributed by atoms with Crippen LogP contribution in [0.2, 0.25) is 0 Å². The second-order valence-electron chi connectivity index (χ2n) is 8.14. The predicted molar refractivity (Wildman–Crippen MR) is 102 cm³/mol. The molecule has 0 aromatic rings. The number of piperidine rings is 1. The highest BCUT2D eigenvalue weighted by molar-refractivity contribution is 6.20. The molecule has 3 rings (SSSR count). The van der Waals surface area contributed by atoms with Crippen LogP contribution < -0.4 is 16.1 Å². The van der Waals surface area contributed by atoms with E-state index >= 15 is 0 Å². The number of halogens is 3. The third-order valence-electron chi connectivity index (χ3n) is 6.48. The lowest BCUT2D eigenvalue weighted by Gasteiger charge is -2.44. The van der Waals surface area contributed by atoms with Crippen LogP contribution in [0, 0.1) is 17.8 Å². The summed E-state index contributed by atoms with van der Waals surface area (Å²) >= 11 is 6.39. The fraction of sp³-hybridized carbons (Fsp3) is 0.842. The molecule has 8 heteroatoms. The Bertz CT molecular complexity index is 524. The van der Waals surface area contributed by atoms with Crippen molar-refractivity contribution in [3.63, 3.8) is 0 Å². The highest BCUT2D eigenvalue weighted by Gasteiger charge is 2.42. The third-order valence-corrected chi connectivity index (χ3v) is 6.88. The highest BCUT2D eigenvalue weighted by atomic mass is 35.5. The number of amides is 1. The Morgan fingerprint density at radius 3 is 2.78 bits per heavy atom. The second-order valence-corrected chi connectivity index (χ2v) is 8.76. The number of carbonyl (C=O) groups is 1. The highest BCUT2D eigenvalue weighted by Crippen LogP contribution is 2.37. The summed E-state index contributed by atoms with van der Waals surface area (Å²) in [6, 6.07) is 0.384. The van der Waals surface area contributed by atoms with Gasteiger partial charge >= 0.3 is 6.55 Å². The van der Waals surface area contributed by atoms with Crippen LogP contribution >= 0.6 is 11.6 Å². The third kappa shape index (κ3) is 5.40. The molecule has 6 unspecified atom stereocenters. The lowest BCUT2D eigenvalue weighted by Crippen LogP contribution is -2.56. The lowest BCUT2D eigenvalue weighted by atomic mass is 9.72. The van der Waals surface area contributed by atoms with Crippen LogP contribution in [0.5, 0.6) is 0 Å². The summed E-state index contributed by atoms with van der Waals surface area (Å²) in [6.07, 6.45) is 7.33. The van der Waals surface area contributed by atoms with E-state index in [2.05, 4.69) is 22.6 Å². The molecular formula is C19H31ClF2N4O. The van der Waals surface area contributed by atoms with Crippen molar-refractivity contribution in [2.24, 2.45) is 17.8 Å². The van der Waals surface area contributed by atoms with E-state index in [1.54, 1.807) is 0 Å². The van der Waals surface area contributed by atoms with E-state index in [9.17, 15) is 13.6 Å². The SMILES string of the molecule is C=CC(=O)NCC1CNC(C2CCCC(Cl)C2)CC1C1CCN(C(F)F)N1. The summed E-state index contributed by atoms with van der Waals surface area (Å²) in [5.41, 5.74) is 3.02. The van der Waals surface area contributed by atoms with Gasteiger partial charge in [-0.3, -0.25) is 4.79 Å². The maximum atomic E-state index is 13.1. The minimum Gasteiger partial charge on any atom is -0.352 e. The van der Waals surface area contributed by atoms with Gasteiger partial charge in [-0.05, 0) is 55.9 Å². The number of nitrogens with zero attached hydrogens (tertiary/aromatic N) is 1. The van der Waals surface area contributed by atoms with Crippen LogP contribution in [0.3, 0.4) is 0 Å². The molecule has 154 valence electrons. The molecule has 0 spiro atoms. The summed E-state index contributed by atoms with van der Waals surface area (Å²) in [5, 5.41) is 7.83. The van der Waals surface area contributed by atoms with Gasteiger partial charge in [-0.15, -0.1) is 11.6 Å². The van der Waals surface area contributed by atoms with Crippen molar-refractivity contribution in [3.05, 3.63) is 12.7 Å². The van der Waals surface area contributed by atoms with E-state index in [0.29, 0.717) is 31.5 Å². The molecule has 2 aliphatic heterocycles. The van der Waals surface area contributed by atoms with Crippen LogP contribution in [0.4, 0.5) is 8.78 Å². The monoisotopic (exact) mass is 404 g/mol. The lowest BCUT2D eigenvalue weighted by molar-refractivity contribution is -0.116. The van der Waals surface area contributed by atoms with Crippen LogP contribution in [0.15, 0.2) is 12.7 Å². The van der Waals surface area contributed by atoms with Gasteiger partial charge in [0.2, 0.25) is 5.91 Å². The first-order valence-electron chi connectivity index (χ1n) is 10.1. The Labute approximate surface area is 165 Å². The Hall–Kier alpha value is -0.760. The first-order chi connectivity index (χ1) is 13.0. The number of nitrogens with one attached hydrogen (secondary N) is 3. The molecule has 0 bridgehead atoms. The van der Waals surface area contributed by atoms with Crippen molar-refractivity contribution < 1.29 is 13.6 Å². The van der Waals surface area contributed by atoms with Gasteiger partial charge < -0.3 is 10.6 Å². The van der Waals surface area contributed by atoms with Gasteiger partial charge in [0.25, 0.3) is 0 Å². The maximum absolute atomic E-state index is 13.1. The molecule has 1 saturated carbocycles. The predicted octanol–water partition coefficient (Wildman–Crippen LogP) is 2.48. The van der Waals surface area contributed by atoms with E-state index in [1.807, 2.05) is 0 Å². The quantitative estimate of drug-likeness (QED) is 0.361. The van der Waals surface area contributed by atoms with Gasteiger partial charge in [-0.2, -0.15) is 13.8 Å². The van der Waals surface area contributed by atoms with E-state index in [4.69, 9.17) is 11.6 Å². The van der Waals surface area contributed by atoms with Crippen molar-refractivity contribution in [2.75, 3.05) is 19.6 Å². The van der Waals surface area contributed by atoms with Crippen LogP contribution in [0.25, 0.3) is 0 Å². The van der Waals surface area contributed by atoms with Gasteiger partial charge in [0.05, 0.1) is 0 Å². The van der Waals surface area contributed by atoms with Gasteiger partial charge in [0.1, 0.15) is 0 Å². The number of rotatable bonds is 6. The molecule has 6 atom stereocenters. The van der Waals surface area contributed by atoms with Crippen molar-refractivity contribution >= 4 is 17.5 Å². The zero-order valence-electron chi connectivity index (χ0n) is 15.7. The molecular weight excluding hydrogens is 374 g/mol. The normalized spacial score (nSPS) is 38.1. The smallest absolute Gasteiger partial charge is 0.306 e. The molecule has 2 saturated heterocycles. The molecule has 1 amide bonds. The van der Waals surface area contributed by atoms with Crippen molar-refractivity contribution in [1.29, 1.82) is 0 Å².